The lowest BCUT2D eigenvalue weighted by atomic mass is 9.91. The maximum Gasteiger partial charge on any atom is 0.291 e. The first kappa shape index (κ1) is 31.1. The van der Waals surface area contributed by atoms with Crippen molar-refractivity contribution in [3.8, 4) is 22.4 Å². The van der Waals surface area contributed by atoms with Crippen molar-refractivity contribution in [1.29, 1.82) is 0 Å². The Bertz CT molecular complexity index is 1950. The lowest BCUT2D eigenvalue weighted by molar-refractivity contribution is 0.101. The number of likely N-dealkylation sites (N-methyl/N-ethyl adjacent to an activating group) is 1. The van der Waals surface area contributed by atoms with Gasteiger partial charge < -0.3 is 20.1 Å². The van der Waals surface area contributed by atoms with Crippen LogP contribution in [0.3, 0.4) is 0 Å². The summed E-state index contributed by atoms with van der Waals surface area (Å²) in [7, 11) is 4.00. The third kappa shape index (κ3) is 5.90. The molecule has 0 fully saturated rings. The van der Waals surface area contributed by atoms with Gasteiger partial charge in [0.2, 0.25) is 0 Å². The van der Waals surface area contributed by atoms with Crippen LogP contribution in [0.1, 0.15) is 57.0 Å². The van der Waals surface area contributed by atoms with Crippen molar-refractivity contribution >= 4 is 17.3 Å². The molecule has 6 rings (SSSR count). The van der Waals surface area contributed by atoms with Crippen LogP contribution in [0.2, 0.25) is 0 Å². The maximum atomic E-state index is 14.5. The molecule has 2 aromatic carbocycles. The van der Waals surface area contributed by atoms with E-state index in [1.54, 1.807) is 19.2 Å². The molecular formula is C37H40FN7O. The number of halogens is 1. The topological polar surface area (TPSA) is 88.0 Å². The molecule has 236 valence electrons. The van der Waals surface area contributed by atoms with Crippen molar-refractivity contribution in [3.63, 3.8) is 0 Å². The van der Waals surface area contributed by atoms with E-state index in [9.17, 15) is 9.18 Å². The minimum atomic E-state index is -0.333. The SMILES string of the molecule is CCc1nc(-c2cccc(-c3cccc(NC(=O)c4nc5c(n4C)CCN(C)C5)c3C)c2C)ccc1CNc1ccnc(C)c1F. The Balaban J connectivity index is 1.26. The van der Waals surface area contributed by atoms with Crippen LogP contribution in [0.4, 0.5) is 15.8 Å². The number of hydrogen-bond donors (Lipinski definition) is 2. The maximum absolute atomic E-state index is 14.5. The molecule has 0 radical (unpaired) electrons. The van der Waals surface area contributed by atoms with Crippen LogP contribution < -0.4 is 10.6 Å². The average molecular weight is 618 g/mol. The summed E-state index contributed by atoms with van der Waals surface area (Å²) in [5, 5.41) is 6.34. The summed E-state index contributed by atoms with van der Waals surface area (Å²) in [4.78, 5) is 29.4. The van der Waals surface area contributed by atoms with Gasteiger partial charge in [-0.15, -0.1) is 0 Å². The third-order valence-electron chi connectivity index (χ3n) is 9.07. The second-order valence-corrected chi connectivity index (χ2v) is 12.1. The zero-order valence-corrected chi connectivity index (χ0v) is 27.3. The number of imidazole rings is 1. The highest BCUT2D eigenvalue weighted by atomic mass is 19.1. The molecule has 3 aromatic heterocycles. The molecule has 8 nitrogen and oxygen atoms in total. The minimum absolute atomic E-state index is 0.210. The van der Waals surface area contributed by atoms with E-state index in [-0.39, 0.29) is 11.7 Å². The first-order valence-electron chi connectivity index (χ1n) is 15.7. The van der Waals surface area contributed by atoms with Crippen LogP contribution in [0, 0.1) is 26.6 Å². The second kappa shape index (κ2) is 12.8. The Kier molecular flexibility index (Phi) is 8.69. The number of aromatic nitrogens is 4. The van der Waals surface area contributed by atoms with E-state index in [2.05, 4.69) is 71.7 Å². The summed E-state index contributed by atoms with van der Waals surface area (Å²) >= 11 is 0. The molecule has 0 saturated carbocycles. The smallest absolute Gasteiger partial charge is 0.291 e. The van der Waals surface area contributed by atoms with E-state index in [0.29, 0.717) is 23.8 Å². The number of aryl methyl sites for hydroxylation is 2. The highest BCUT2D eigenvalue weighted by Crippen LogP contribution is 2.35. The molecule has 46 heavy (non-hydrogen) atoms. The number of pyridine rings is 2. The fraction of sp³-hybridized carbons (Fsp3) is 0.297. The monoisotopic (exact) mass is 617 g/mol. The van der Waals surface area contributed by atoms with E-state index in [1.807, 2.05) is 36.7 Å². The molecule has 0 spiro atoms. The predicted octanol–water partition coefficient (Wildman–Crippen LogP) is 7.02. The summed E-state index contributed by atoms with van der Waals surface area (Å²) in [6.45, 7) is 10.1. The van der Waals surface area contributed by atoms with E-state index >= 15 is 0 Å². The van der Waals surface area contributed by atoms with Crippen molar-refractivity contribution in [1.82, 2.24) is 24.4 Å². The Morgan fingerprint density at radius 3 is 2.43 bits per heavy atom. The minimum Gasteiger partial charge on any atom is -0.378 e. The van der Waals surface area contributed by atoms with Gasteiger partial charge in [-0.3, -0.25) is 14.8 Å². The van der Waals surface area contributed by atoms with Crippen LogP contribution in [-0.2, 0) is 33.0 Å². The van der Waals surface area contributed by atoms with E-state index in [4.69, 9.17) is 9.97 Å². The van der Waals surface area contributed by atoms with Gasteiger partial charge in [0.25, 0.3) is 5.91 Å². The summed E-state index contributed by atoms with van der Waals surface area (Å²) in [5.74, 6) is -0.112. The number of carbonyl (C=O) groups excluding carboxylic acids is 1. The van der Waals surface area contributed by atoms with E-state index in [0.717, 1.165) is 87.8 Å². The normalized spacial score (nSPS) is 13.0. The molecule has 0 atom stereocenters. The van der Waals surface area contributed by atoms with Crippen LogP contribution in [0.15, 0.2) is 60.8 Å². The first-order valence-corrected chi connectivity index (χ1v) is 15.7. The third-order valence-corrected chi connectivity index (χ3v) is 9.07. The molecule has 1 aliphatic rings. The van der Waals surface area contributed by atoms with E-state index in [1.165, 1.54) is 0 Å². The van der Waals surface area contributed by atoms with E-state index < -0.39 is 0 Å². The predicted molar refractivity (Wildman–Crippen MR) is 181 cm³/mol. The largest absolute Gasteiger partial charge is 0.378 e. The van der Waals surface area contributed by atoms with Gasteiger partial charge >= 0.3 is 0 Å². The Hall–Kier alpha value is -4.89. The number of nitrogens with one attached hydrogen (secondary N) is 2. The molecule has 1 aliphatic heterocycles. The number of carbonyl (C=O) groups is 1. The van der Waals surface area contributed by atoms with Crippen LogP contribution in [0.5, 0.6) is 0 Å². The molecule has 9 heteroatoms. The number of nitrogens with zero attached hydrogens (tertiary/aromatic N) is 5. The number of fused-ring (bicyclic) bond motifs is 1. The fourth-order valence-electron chi connectivity index (χ4n) is 6.33. The van der Waals surface area contributed by atoms with Crippen LogP contribution in [-0.4, -0.2) is 43.9 Å². The summed E-state index contributed by atoms with van der Waals surface area (Å²) < 4.78 is 16.4. The van der Waals surface area contributed by atoms with Crippen molar-refractivity contribution in [2.75, 3.05) is 24.2 Å². The Labute approximate surface area is 269 Å². The van der Waals surface area contributed by atoms with Gasteiger partial charge in [-0.05, 0) is 80.3 Å². The molecule has 0 unspecified atom stereocenters. The standard InChI is InChI=1S/C37H40FN7O/c1-7-29-25(20-40-32-16-18-39-24(4)35(32)38)14-15-31(41-29)28-12-8-10-26(22(28)2)27-11-9-13-30(23(27)3)43-37(46)36-42-33-21-44(5)19-17-34(33)45(36)6/h8-16,18H,7,17,19-21H2,1-6H3,(H,39,40)(H,43,46). The molecule has 0 saturated heterocycles. The number of anilines is 2. The number of rotatable bonds is 8. The van der Waals surface area contributed by atoms with Crippen LogP contribution in [0.25, 0.3) is 22.4 Å². The van der Waals surface area contributed by atoms with Gasteiger partial charge in [-0.1, -0.05) is 43.3 Å². The van der Waals surface area contributed by atoms with Crippen molar-refractivity contribution in [2.45, 2.75) is 53.6 Å². The average Bonchev–Trinajstić information content (AvgIpc) is 3.38. The molecule has 4 heterocycles. The lowest BCUT2D eigenvalue weighted by Crippen LogP contribution is -2.27. The fourth-order valence-corrected chi connectivity index (χ4v) is 6.33. The number of benzene rings is 2. The van der Waals surface area contributed by atoms with Gasteiger partial charge in [0, 0.05) is 61.9 Å². The van der Waals surface area contributed by atoms with Crippen LogP contribution >= 0.6 is 0 Å². The number of hydrogen-bond acceptors (Lipinski definition) is 6. The van der Waals surface area contributed by atoms with Crippen molar-refractivity contribution in [3.05, 3.63) is 112 Å². The molecule has 5 aromatic rings. The van der Waals surface area contributed by atoms with Gasteiger partial charge in [0.05, 0.1) is 22.8 Å². The van der Waals surface area contributed by atoms with Gasteiger partial charge in [-0.25, -0.2) is 9.37 Å². The van der Waals surface area contributed by atoms with Gasteiger partial charge in [0.1, 0.15) is 0 Å². The van der Waals surface area contributed by atoms with Gasteiger partial charge in [0.15, 0.2) is 11.6 Å². The lowest BCUT2D eigenvalue weighted by Gasteiger charge is -2.21. The molecule has 1 amide bonds. The molecule has 0 aliphatic carbocycles. The number of amides is 1. The highest BCUT2D eigenvalue weighted by molar-refractivity contribution is 6.03. The Morgan fingerprint density at radius 1 is 0.913 bits per heavy atom. The summed E-state index contributed by atoms with van der Waals surface area (Å²) in [6.07, 6.45) is 3.24. The zero-order valence-electron chi connectivity index (χ0n) is 27.3. The first-order chi connectivity index (χ1) is 22.2. The second-order valence-electron chi connectivity index (χ2n) is 12.1. The zero-order chi connectivity index (χ0) is 32.5. The summed E-state index contributed by atoms with van der Waals surface area (Å²) in [6, 6.07) is 18.0. The van der Waals surface area contributed by atoms with Gasteiger partial charge in [-0.2, -0.15) is 0 Å². The molecular weight excluding hydrogens is 577 g/mol. The molecule has 0 bridgehead atoms. The van der Waals surface area contributed by atoms with Crippen molar-refractivity contribution < 1.29 is 9.18 Å². The van der Waals surface area contributed by atoms with Crippen molar-refractivity contribution in [2.24, 2.45) is 7.05 Å². The summed E-state index contributed by atoms with van der Waals surface area (Å²) in [5.41, 5.74) is 11.8. The molecule has 2 N–H and O–H groups in total. The highest BCUT2D eigenvalue weighted by Gasteiger charge is 2.24. The Morgan fingerprint density at radius 2 is 1.65 bits per heavy atom. The quantitative estimate of drug-likeness (QED) is 0.195.